The van der Waals surface area contributed by atoms with E-state index in [0.717, 1.165) is 9.36 Å². The number of carbonyl (C=O) groups is 2. The maximum absolute atomic E-state index is 12.9. The number of halogens is 5. The highest BCUT2D eigenvalue weighted by atomic mass is 19.4. The topological polar surface area (TPSA) is 125 Å². The molecule has 0 atom stereocenters. The van der Waals surface area contributed by atoms with Crippen LogP contribution in [0.25, 0.3) is 16.8 Å². The molecular formula is C23H19F5N6O4. The predicted molar refractivity (Wildman–Crippen MR) is 122 cm³/mol. The number of amides is 1. The van der Waals surface area contributed by atoms with E-state index in [1.807, 2.05) is 0 Å². The van der Waals surface area contributed by atoms with Crippen LogP contribution in [0.4, 0.5) is 27.6 Å². The number of benzene rings is 2. The minimum atomic E-state index is -5.28. The summed E-state index contributed by atoms with van der Waals surface area (Å²) < 4.78 is 65.7. The van der Waals surface area contributed by atoms with Gasteiger partial charge in [0.25, 0.3) is 12.0 Å². The molecule has 4 rings (SSSR count). The van der Waals surface area contributed by atoms with Crippen LogP contribution in [0.5, 0.6) is 0 Å². The van der Waals surface area contributed by atoms with Crippen molar-refractivity contribution in [3.8, 4) is 16.8 Å². The lowest BCUT2D eigenvalue weighted by Crippen LogP contribution is -2.41. The molecule has 0 radical (unpaired) electrons. The Morgan fingerprint density at radius 1 is 1.08 bits per heavy atom. The lowest BCUT2D eigenvalue weighted by molar-refractivity contribution is -0.201. The summed E-state index contributed by atoms with van der Waals surface area (Å²) in [5, 5.41) is 7.74. The monoisotopic (exact) mass is 538 g/mol. The number of nitrogens with two attached hydrogens (primary N) is 1. The van der Waals surface area contributed by atoms with Crippen molar-refractivity contribution in [2.24, 2.45) is 5.73 Å². The van der Waals surface area contributed by atoms with E-state index in [1.54, 1.807) is 43.3 Å². The van der Waals surface area contributed by atoms with Crippen molar-refractivity contribution in [3.05, 3.63) is 69.7 Å². The lowest BCUT2D eigenvalue weighted by Gasteiger charge is -2.29. The van der Waals surface area contributed by atoms with E-state index in [0.29, 0.717) is 27.3 Å². The fourth-order valence-corrected chi connectivity index (χ4v) is 3.93. The maximum Gasteiger partial charge on any atom is 0.493 e. The number of hydrogen-bond donors (Lipinski definition) is 1. The van der Waals surface area contributed by atoms with E-state index in [-0.39, 0.29) is 24.2 Å². The summed E-state index contributed by atoms with van der Waals surface area (Å²) in [4.78, 5) is 40.7. The van der Waals surface area contributed by atoms with Crippen LogP contribution in [0.15, 0.2) is 52.8 Å². The zero-order valence-electron chi connectivity index (χ0n) is 19.6. The van der Waals surface area contributed by atoms with Crippen LogP contribution >= 0.6 is 0 Å². The smallest absolute Gasteiger partial charge is 0.327 e. The summed E-state index contributed by atoms with van der Waals surface area (Å²) in [7, 11) is 0. The first-order valence-corrected chi connectivity index (χ1v) is 11.0. The van der Waals surface area contributed by atoms with Crippen LogP contribution in [0.1, 0.15) is 17.5 Å². The first kappa shape index (κ1) is 26.7. The zero-order chi connectivity index (χ0) is 27.8. The molecule has 0 saturated carbocycles. The molecule has 0 bridgehead atoms. The summed E-state index contributed by atoms with van der Waals surface area (Å²) in [6.45, 7) is 0.546. The highest BCUT2D eigenvalue weighted by Crippen LogP contribution is 2.36. The van der Waals surface area contributed by atoms with Gasteiger partial charge < -0.3 is 10.6 Å². The van der Waals surface area contributed by atoms with E-state index < -0.39 is 48.5 Å². The van der Waals surface area contributed by atoms with Crippen molar-refractivity contribution < 1.29 is 36.4 Å². The SMILES string of the molecule is Cc1cc(-c2cccc(-n3nnn(CC(CN)=C(F)F)c3=O)c2)cc2c1N(OC(=O)C(F)(F)F)C(=O)CC2. The van der Waals surface area contributed by atoms with Gasteiger partial charge in [0.2, 0.25) is 0 Å². The Balaban J connectivity index is 1.68. The van der Waals surface area contributed by atoms with Gasteiger partial charge in [0.1, 0.15) is 0 Å². The molecule has 0 aliphatic carbocycles. The quantitative estimate of drug-likeness (QED) is 0.479. The molecule has 15 heteroatoms. The number of hydroxylamine groups is 1. The third-order valence-electron chi connectivity index (χ3n) is 5.74. The van der Waals surface area contributed by atoms with Gasteiger partial charge in [0.15, 0.2) is 0 Å². The summed E-state index contributed by atoms with van der Waals surface area (Å²) in [6, 6.07) is 9.63. The highest BCUT2D eigenvalue weighted by molar-refractivity contribution is 5.98. The van der Waals surface area contributed by atoms with Crippen molar-refractivity contribution in [2.75, 3.05) is 11.6 Å². The van der Waals surface area contributed by atoms with Crippen LogP contribution in [-0.4, -0.2) is 44.4 Å². The number of carbonyl (C=O) groups excluding carboxylic acids is 2. The van der Waals surface area contributed by atoms with E-state index in [9.17, 15) is 36.3 Å². The molecule has 1 aliphatic heterocycles. The second-order valence-corrected chi connectivity index (χ2v) is 8.31. The van der Waals surface area contributed by atoms with E-state index in [4.69, 9.17) is 5.73 Å². The molecule has 2 N–H and O–H groups in total. The average Bonchev–Trinajstić information content (AvgIpc) is 3.23. The minimum Gasteiger partial charge on any atom is -0.327 e. The van der Waals surface area contributed by atoms with Crippen LogP contribution in [0.3, 0.4) is 0 Å². The molecule has 1 aromatic heterocycles. The molecule has 2 heterocycles. The number of alkyl halides is 3. The number of aromatic nitrogens is 4. The van der Waals surface area contributed by atoms with Gasteiger partial charge in [-0.25, -0.2) is 9.59 Å². The Hall–Kier alpha value is -4.40. The Labute approximate surface area is 210 Å². The number of nitrogens with zero attached hydrogens (tertiary/aromatic N) is 5. The molecule has 0 spiro atoms. The molecule has 200 valence electrons. The molecule has 1 aliphatic rings. The summed E-state index contributed by atoms with van der Waals surface area (Å²) in [6.07, 6.45) is -7.28. The average molecular weight is 538 g/mol. The number of hydrogen-bond acceptors (Lipinski definition) is 7. The van der Waals surface area contributed by atoms with E-state index in [1.165, 1.54) is 0 Å². The van der Waals surface area contributed by atoms with Crippen LogP contribution < -0.4 is 16.5 Å². The molecular weight excluding hydrogens is 519 g/mol. The van der Waals surface area contributed by atoms with Gasteiger partial charge in [0.05, 0.1) is 17.9 Å². The van der Waals surface area contributed by atoms with Gasteiger partial charge >= 0.3 is 17.8 Å². The van der Waals surface area contributed by atoms with Crippen LogP contribution in [0.2, 0.25) is 0 Å². The van der Waals surface area contributed by atoms with Gasteiger partial charge in [-0.2, -0.15) is 31.3 Å². The minimum absolute atomic E-state index is 0.0433. The fraction of sp³-hybridized carbons (Fsp3) is 0.261. The van der Waals surface area contributed by atoms with E-state index >= 15 is 0 Å². The highest BCUT2D eigenvalue weighted by Gasteiger charge is 2.44. The fourth-order valence-electron chi connectivity index (χ4n) is 3.93. The molecule has 1 amide bonds. The first-order valence-electron chi connectivity index (χ1n) is 11.0. The van der Waals surface area contributed by atoms with Crippen molar-refractivity contribution >= 4 is 17.6 Å². The normalized spacial score (nSPS) is 13.3. The van der Waals surface area contributed by atoms with Gasteiger partial charge in [0, 0.05) is 18.5 Å². The van der Waals surface area contributed by atoms with Crippen molar-refractivity contribution in [1.29, 1.82) is 0 Å². The number of aryl methyl sites for hydroxylation is 2. The molecule has 0 unspecified atom stereocenters. The van der Waals surface area contributed by atoms with Crippen molar-refractivity contribution in [1.82, 2.24) is 19.8 Å². The van der Waals surface area contributed by atoms with Gasteiger partial charge in [-0.3, -0.25) is 4.79 Å². The first-order chi connectivity index (χ1) is 17.9. The molecule has 0 saturated heterocycles. The second kappa shape index (κ2) is 10.2. The van der Waals surface area contributed by atoms with Gasteiger partial charge in [-0.05, 0) is 70.3 Å². The van der Waals surface area contributed by atoms with Crippen LogP contribution in [0, 0.1) is 6.92 Å². The Morgan fingerprint density at radius 3 is 2.47 bits per heavy atom. The predicted octanol–water partition coefficient (Wildman–Crippen LogP) is 2.81. The summed E-state index contributed by atoms with van der Waals surface area (Å²) in [5.41, 5.74) is 6.35. The number of rotatable bonds is 6. The standard InChI is InChI=1S/C23H19F5N6O4/c1-12-7-15(8-14-5-6-18(35)34(19(12)14)38-21(36)23(26,27)28)13-3-2-4-17(9-13)33-22(37)32(30-31-33)11-16(10-29)20(24)25/h2-4,7-9H,5-6,10-11,29H2,1H3. The van der Waals surface area contributed by atoms with Gasteiger partial charge in [-0.15, -0.1) is 5.06 Å². The Kier molecular flexibility index (Phi) is 7.13. The van der Waals surface area contributed by atoms with Crippen molar-refractivity contribution in [3.63, 3.8) is 0 Å². The molecule has 10 nitrogen and oxygen atoms in total. The van der Waals surface area contributed by atoms with Gasteiger partial charge in [-0.1, -0.05) is 12.1 Å². The Bertz CT molecular complexity index is 1510. The molecule has 38 heavy (non-hydrogen) atoms. The summed E-state index contributed by atoms with van der Waals surface area (Å²) >= 11 is 0. The third-order valence-corrected chi connectivity index (χ3v) is 5.74. The Morgan fingerprint density at radius 2 is 1.82 bits per heavy atom. The zero-order valence-corrected chi connectivity index (χ0v) is 19.6. The number of tetrazole rings is 1. The second-order valence-electron chi connectivity index (χ2n) is 8.31. The summed E-state index contributed by atoms with van der Waals surface area (Å²) in [5.74, 6) is -3.31. The molecule has 2 aromatic carbocycles. The lowest BCUT2D eigenvalue weighted by atomic mass is 9.93. The van der Waals surface area contributed by atoms with Crippen molar-refractivity contribution in [2.45, 2.75) is 32.5 Å². The molecule has 3 aromatic rings. The largest absolute Gasteiger partial charge is 0.493 e. The maximum atomic E-state index is 12.9. The molecule has 0 fully saturated rings. The number of fused-ring (bicyclic) bond motifs is 1. The van der Waals surface area contributed by atoms with Crippen LogP contribution in [-0.2, 0) is 27.4 Å². The van der Waals surface area contributed by atoms with E-state index in [2.05, 4.69) is 15.3 Å². The number of anilines is 1. The third kappa shape index (κ3) is 5.18.